The van der Waals surface area contributed by atoms with E-state index in [-0.39, 0.29) is 12.5 Å². The molecule has 4 rings (SSSR count). The normalized spacial score (nSPS) is 17.2. The first kappa shape index (κ1) is 25.5. The molecule has 0 fully saturated rings. The number of nitrogens with zero attached hydrogens (tertiary/aromatic N) is 3. The van der Waals surface area contributed by atoms with Crippen molar-refractivity contribution in [2.45, 2.75) is 45.1 Å². The largest absolute Gasteiger partial charge is 0.443 e. The van der Waals surface area contributed by atoms with E-state index in [2.05, 4.69) is 35.4 Å². The number of anilines is 1. The number of para-hydroxylation sites is 1. The van der Waals surface area contributed by atoms with Crippen LogP contribution in [0.2, 0.25) is 25.7 Å². The summed E-state index contributed by atoms with van der Waals surface area (Å²) in [4.78, 5) is 31.6. The summed E-state index contributed by atoms with van der Waals surface area (Å²) in [7, 11) is -1.22. The van der Waals surface area contributed by atoms with Crippen LogP contribution in [0.4, 0.5) is 10.5 Å². The Morgan fingerprint density at radius 3 is 2.64 bits per heavy atom. The van der Waals surface area contributed by atoms with E-state index in [1.165, 1.54) is 6.21 Å². The Morgan fingerprint density at radius 1 is 1.11 bits per heavy atom. The van der Waals surface area contributed by atoms with Gasteiger partial charge in [0.2, 0.25) is 6.29 Å². The Balaban J connectivity index is 1.50. The van der Waals surface area contributed by atoms with Crippen LogP contribution in [-0.4, -0.2) is 50.8 Å². The molecule has 2 amide bonds. The van der Waals surface area contributed by atoms with Crippen molar-refractivity contribution in [1.82, 2.24) is 15.8 Å². The van der Waals surface area contributed by atoms with Crippen molar-refractivity contribution in [2.24, 2.45) is 4.99 Å². The maximum Gasteiger partial charge on any atom is 0.426 e. The summed E-state index contributed by atoms with van der Waals surface area (Å²) in [6.45, 7) is 8.42. The van der Waals surface area contributed by atoms with Gasteiger partial charge in [0, 0.05) is 20.9 Å². The lowest BCUT2D eigenvalue weighted by molar-refractivity contribution is -0.113. The molecule has 0 aliphatic carbocycles. The summed E-state index contributed by atoms with van der Waals surface area (Å²) in [6, 6.07) is 18.1. The number of benzene rings is 2. The van der Waals surface area contributed by atoms with E-state index in [9.17, 15) is 9.59 Å². The fraction of sp³-hybridized carbons (Fsp3) is 0.346. The molecule has 1 atom stereocenters. The van der Waals surface area contributed by atoms with Crippen LogP contribution < -0.4 is 15.6 Å². The van der Waals surface area contributed by atoms with E-state index < -0.39 is 20.5 Å². The lowest BCUT2D eigenvalue weighted by Gasteiger charge is -2.35. The van der Waals surface area contributed by atoms with Gasteiger partial charge in [0.1, 0.15) is 6.61 Å². The fourth-order valence-corrected chi connectivity index (χ4v) is 4.59. The van der Waals surface area contributed by atoms with Gasteiger partial charge in [-0.2, -0.15) is 0 Å². The highest BCUT2D eigenvalue weighted by Gasteiger charge is 2.36. The average molecular weight is 508 g/mol. The van der Waals surface area contributed by atoms with E-state index in [4.69, 9.17) is 9.47 Å². The Kier molecular flexibility index (Phi) is 8.06. The zero-order chi connectivity index (χ0) is 25.5. The smallest absolute Gasteiger partial charge is 0.426 e. The molecule has 36 heavy (non-hydrogen) atoms. The van der Waals surface area contributed by atoms with Gasteiger partial charge in [0.05, 0.1) is 30.8 Å². The van der Waals surface area contributed by atoms with Gasteiger partial charge < -0.3 is 14.8 Å². The molecule has 190 valence electrons. The van der Waals surface area contributed by atoms with Gasteiger partial charge in [-0.05, 0) is 23.2 Å². The molecule has 2 aromatic rings. The number of aliphatic imine (C=N–C) groups is 1. The second-order valence-electron chi connectivity index (χ2n) is 9.92. The molecule has 10 heteroatoms. The summed E-state index contributed by atoms with van der Waals surface area (Å²) in [6.07, 6.45) is 1.70. The predicted molar refractivity (Wildman–Crippen MR) is 142 cm³/mol. The zero-order valence-electron chi connectivity index (χ0n) is 20.9. The average Bonchev–Trinajstić information content (AvgIpc) is 3.15. The number of carbonyl (C=O) groups is 2. The van der Waals surface area contributed by atoms with E-state index >= 15 is 0 Å². The molecule has 2 heterocycles. The molecule has 0 radical (unpaired) electrons. The Labute approximate surface area is 212 Å². The third kappa shape index (κ3) is 6.73. The first-order valence-electron chi connectivity index (χ1n) is 12.0. The third-order valence-electron chi connectivity index (χ3n) is 5.76. The number of hydrogen-bond donors (Lipinski definition) is 2. The van der Waals surface area contributed by atoms with Crippen molar-refractivity contribution in [3.8, 4) is 0 Å². The summed E-state index contributed by atoms with van der Waals surface area (Å²) in [5, 5.41) is 4.87. The van der Waals surface area contributed by atoms with E-state index in [1.807, 2.05) is 54.6 Å². The van der Waals surface area contributed by atoms with Crippen molar-refractivity contribution in [3.05, 3.63) is 77.6 Å². The first-order chi connectivity index (χ1) is 17.3. The number of hydrazine groups is 1. The van der Waals surface area contributed by atoms with Crippen LogP contribution in [0.1, 0.15) is 11.1 Å². The summed E-state index contributed by atoms with van der Waals surface area (Å²) in [5.74, 6) is -0.295. The zero-order valence-corrected chi connectivity index (χ0v) is 21.9. The fourth-order valence-electron chi connectivity index (χ4n) is 3.83. The summed E-state index contributed by atoms with van der Waals surface area (Å²) >= 11 is 0. The van der Waals surface area contributed by atoms with Gasteiger partial charge in [0.15, 0.2) is 0 Å². The number of hydrogen-bond acceptors (Lipinski definition) is 7. The van der Waals surface area contributed by atoms with Gasteiger partial charge >= 0.3 is 6.09 Å². The Bertz CT molecular complexity index is 1130. The molecule has 0 aromatic heterocycles. The van der Waals surface area contributed by atoms with Crippen LogP contribution in [0, 0.1) is 0 Å². The van der Waals surface area contributed by atoms with Crippen LogP contribution in [0.15, 0.2) is 71.5 Å². The monoisotopic (exact) mass is 507 g/mol. The standard InChI is InChI=1S/C26H33N5O4Si/c1-36(2,3)14-13-34-19-22-17-30(29-26(33)35-18-20-9-5-4-6-10-20)25(28-22)31-23-12-8-7-11-21(23)15-27-16-24(31)32/h4-12,16-17,25,28H,13-15,18-19H2,1-3H3,(H,29,33). The molecule has 2 aromatic carbocycles. The lowest BCUT2D eigenvalue weighted by atomic mass is 10.1. The van der Waals surface area contributed by atoms with Gasteiger partial charge in [-0.25, -0.2) is 15.2 Å². The molecule has 9 nitrogen and oxygen atoms in total. The maximum atomic E-state index is 13.1. The van der Waals surface area contributed by atoms with Crippen LogP contribution in [0.5, 0.6) is 0 Å². The molecule has 0 bridgehead atoms. The number of ether oxygens (including phenoxy) is 2. The minimum absolute atomic E-state index is 0.132. The van der Waals surface area contributed by atoms with E-state index in [0.29, 0.717) is 19.8 Å². The van der Waals surface area contributed by atoms with Crippen LogP contribution in [0.3, 0.4) is 0 Å². The van der Waals surface area contributed by atoms with Crippen LogP contribution in [-0.2, 0) is 27.4 Å². The van der Waals surface area contributed by atoms with E-state index in [0.717, 1.165) is 28.6 Å². The molecule has 0 saturated carbocycles. The maximum absolute atomic E-state index is 13.1. The van der Waals surface area contributed by atoms with Gasteiger partial charge in [0.25, 0.3) is 5.91 Å². The topological polar surface area (TPSA) is 95.5 Å². The highest BCUT2D eigenvalue weighted by atomic mass is 28.3. The van der Waals surface area contributed by atoms with Crippen LogP contribution in [0.25, 0.3) is 0 Å². The predicted octanol–water partition coefficient (Wildman–Crippen LogP) is 3.83. The molecule has 2 aliphatic heterocycles. The number of carbonyl (C=O) groups excluding carboxylic acids is 2. The van der Waals surface area contributed by atoms with Crippen molar-refractivity contribution in [3.63, 3.8) is 0 Å². The second-order valence-corrected chi connectivity index (χ2v) is 15.5. The van der Waals surface area contributed by atoms with Crippen molar-refractivity contribution >= 4 is 32.0 Å². The highest BCUT2D eigenvalue weighted by Crippen LogP contribution is 2.27. The Hall–Kier alpha value is -3.63. The number of rotatable bonds is 9. The number of amides is 2. The molecule has 2 aliphatic rings. The summed E-state index contributed by atoms with van der Waals surface area (Å²) in [5.41, 5.74) is 6.01. The molecule has 2 N–H and O–H groups in total. The SMILES string of the molecule is C[Si](C)(C)CCOCC1=CN(NC(=O)OCc2ccccc2)C(N2C(=O)C=NCc3ccccc32)N1. The number of nitrogens with one attached hydrogen (secondary N) is 2. The minimum Gasteiger partial charge on any atom is -0.443 e. The van der Waals surface area contributed by atoms with Gasteiger partial charge in [-0.1, -0.05) is 68.2 Å². The number of fused-ring (bicyclic) bond motifs is 1. The van der Waals surface area contributed by atoms with E-state index in [1.54, 1.807) is 16.1 Å². The van der Waals surface area contributed by atoms with Gasteiger partial charge in [-0.15, -0.1) is 0 Å². The summed E-state index contributed by atoms with van der Waals surface area (Å²) < 4.78 is 11.3. The Morgan fingerprint density at radius 2 is 1.86 bits per heavy atom. The third-order valence-corrected chi connectivity index (χ3v) is 7.46. The highest BCUT2D eigenvalue weighted by molar-refractivity contribution is 6.76. The van der Waals surface area contributed by atoms with Crippen LogP contribution >= 0.6 is 0 Å². The van der Waals surface area contributed by atoms with Gasteiger partial charge in [-0.3, -0.25) is 14.7 Å². The molecule has 0 spiro atoms. The van der Waals surface area contributed by atoms with Crippen molar-refractivity contribution in [2.75, 3.05) is 18.1 Å². The lowest BCUT2D eigenvalue weighted by Crippen LogP contribution is -2.58. The quantitative estimate of drug-likeness (QED) is 0.396. The first-order valence-corrected chi connectivity index (χ1v) is 15.7. The van der Waals surface area contributed by atoms with Crippen molar-refractivity contribution < 1.29 is 19.1 Å². The molecule has 0 saturated heterocycles. The molecular formula is C26H33N5O4Si. The second kappa shape index (κ2) is 11.4. The minimum atomic E-state index is -1.22. The molecule has 1 unspecified atom stereocenters. The molecular weight excluding hydrogens is 474 g/mol. The van der Waals surface area contributed by atoms with Crippen molar-refractivity contribution in [1.29, 1.82) is 0 Å².